The summed E-state index contributed by atoms with van der Waals surface area (Å²) in [5.74, 6) is 1.21. The number of fused-ring (bicyclic) bond motifs is 1. The van der Waals surface area contributed by atoms with Crippen molar-refractivity contribution in [2.75, 3.05) is 11.9 Å². The van der Waals surface area contributed by atoms with Crippen molar-refractivity contribution in [3.05, 3.63) is 33.4 Å². The first-order valence-corrected chi connectivity index (χ1v) is 6.97. The van der Waals surface area contributed by atoms with Gasteiger partial charge in [-0.05, 0) is 42.0 Å². The molecule has 1 aromatic heterocycles. The normalized spacial score (nSPS) is 13.5. The molecular weight excluding hydrogens is 325 g/mol. The smallest absolute Gasteiger partial charge is 0.128 e. The Labute approximate surface area is 114 Å². The lowest BCUT2D eigenvalue weighted by atomic mass is 10.1. The summed E-state index contributed by atoms with van der Waals surface area (Å²) in [7, 11) is 0. The highest BCUT2D eigenvalue weighted by Gasteiger charge is 2.23. The maximum Gasteiger partial charge on any atom is 0.128 e. The Bertz CT molecular complexity index is 560. The molecule has 0 bridgehead atoms. The van der Waals surface area contributed by atoms with Crippen molar-refractivity contribution in [1.29, 1.82) is 0 Å². The largest absolute Gasteiger partial charge is 0.370 e. The van der Waals surface area contributed by atoms with E-state index in [1.807, 2.05) is 0 Å². The predicted octanol–water partition coefficient (Wildman–Crippen LogP) is 3.14. The number of halogens is 1. The van der Waals surface area contributed by atoms with Crippen LogP contribution in [0.3, 0.4) is 0 Å². The first kappa shape index (κ1) is 11.1. The fourth-order valence-electron chi connectivity index (χ4n) is 2.34. The quantitative estimate of drug-likeness (QED) is 0.852. The monoisotopic (exact) mass is 339 g/mol. The molecule has 2 aromatic rings. The number of anilines is 1. The zero-order chi connectivity index (χ0) is 11.8. The van der Waals surface area contributed by atoms with Gasteiger partial charge in [0.1, 0.15) is 5.82 Å². The molecule has 1 aliphatic heterocycles. The van der Waals surface area contributed by atoms with E-state index in [9.17, 15) is 0 Å². The van der Waals surface area contributed by atoms with Gasteiger partial charge in [-0.15, -0.1) is 0 Å². The average molecular weight is 339 g/mol. The lowest BCUT2D eigenvalue weighted by molar-refractivity contribution is 0.668. The van der Waals surface area contributed by atoms with Gasteiger partial charge in [0.15, 0.2) is 0 Å². The molecule has 1 N–H and O–H groups in total. The molecular formula is C13H14IN3. The highest BCUT2D eigenvalue weighted by Crippen LogP contribution is 2.34. The number of benzene rings is 1. The van der Waals surface area contributed by atoms with E-state index in [2.05, 4.69) is 63.8 Å². The lowest BCUT2D eigenvalue weighted by Gasteiger charge is -2.03. The Hall–Kier alpha value is -1.04. The summed E-state index contributed by atoms with van der Waals surface area (Å²) in [5, 5.41) is 8.16. The van der Waals surface area contributed by atoms with Gasteiger partial charge < -0.3 is 5.32 Å². The van der Waals surface area contributed by atoms with Crippen LogP contribution in [0.4, 0.5) is 5.82 Å². The van der Waals surface area contributed by atoms with E-state index in [0.29, 0.717) is 0 Å². The van der Waals surface area contributed by atoms with E-state index in [-0.39, 0.29) is 0 Å². The van der Waals surface area contributed by atoms with Crippen LogP contribution in [0.1, 0.15) is 12.5 Å². The van der Waals surface area contributed by atoms with Crippen molar-refractivity contribution < 1.29 is 0 Å². The number of hydrogen-bond donors (Lipinski definition) is 1. The fourth-order valence-corrected chi connectivity index (χ4v) is 2.98. The molecule has 0 spiro atoms. The minimum Gasteiger partial charge on any atom is -0.370 e. The highest BCUT2D eigenvalue weighted by atomic mass is 127. The third-order valence-corrected chi connectivity index (χ3v) is 4.09. The predicted molar refractivity (Wildman–Crippen MR) is 78.2 cm³/mol. The SMILES string of the molecule is CCn1nc(-c2ccccc2I)c2c1NCC2. The third-order valence-electron chi connectivity index (χ3n) is 3.15. The fraction of sp³-hybridized carbons (Fsp3) is 0.308. The minimum atomic E-state index is 0.915. The van der Waals surface area contributed by atoms with E-state index in [4.69, 9.17) is 5.10 Å². The second kappa shape index (κ2) is 4.33. The molecule has 2 heterocycles. The number of nitrogens with one attached hydrogen (secondary N) is 1. The van der Waals surface area contributed by atoms with Gasteiger partial charge in [0.2, 0.25) is 0 Å². The maximum atomic E-state index is 4.73. The van der Waals surface area contributed by atoms with E-state index in [1.165, 1.54) is 20.5 Å². The molecule has 0 aliphatic carbocycles. The van der Waals surface area contributed by atoms with Crippen LogP contribution in [0.2, 0.25) is 0 Å². The second-order valence-corrected chi connectivity index (χ2v) is 5.31. The number of hydrogen-bond acceptors (Lipinski definition) is 2. The first-order valence-electron chi connectivity index (χ1n) is 5.89. The van der Waals surface area contributed by atoms with Crippen LogP contribution in [0.15, 0.2) is 24.3 Å². The topological polar surface area (TPSA) is 29.9 Å². The lowest BCUT2D eigenvalue weighted by Crippen LogP contribution is -2.04. The van der Waals surface area contributed by atoms with Crippen LogP contribution in [-0.4, -0.2) is 16.3 Å². The van der Waals surface area contributed by atoms with Gasteiger partial charge in [0, 0.05) is 27.8 Å². The van der Waals surface area contributed by atoms with Gasteiger partial charge >= 0.3 is 0 Å². The third kappa shape index (κ3) is 1.74. The summed E-state index contributed by atoms with van der Waals surface area (Å²) < 4.78 is 3.33. The molecule has 1 aromatic carbocycles. The maximum absolute atomic E-state index is 4.73. The van der Waals surface area contributed by atoms with E-state index >= 15 is 0 Å². The number of nitrogens with zero attached hydrogens (tertiary/aromatic N) is 2. The van der Waals surface area contributed by atoms with Gasteiger partial charge in [-0.3, -0.25) is 0 Å². The molecule has 0 saturated heterocycles. The molecule has 4 heteroatoms. The van der Waals surface area contributed by atoms with Crippen molar-refractivity contribution in [1.82, 2.24) is 9.78 Å². The summed E-state index contributed by atoms with van der Waals surface area (Å²) >= 11 is 2.38. The molecule has 0 unspecified atom stereocenters. The zero-order valence-electron chi connectivity index (χ0n) is 9.70. The summed E-state index contributed by atoms with van der Waals surface area (Å²) in [6.45, 7) is 4.08. The summed E-state index contributed by atoms with van der Waals surface area (Å²) in [6.07, 6.45) is 1.08. The summed E-state index contributed by atoms with van der Waals surface area (Å²) in [6, 6.07) is 8.44. The Morgan fingerprint density at radius 1 is 1.41 bits per heavy atom. The standard InChI is InChI=1S/C13H14IN3/c1-2-17-13-10(7-8-15-13)12(16-17)9-5-3-4-6-11(9)14/h3-6,15H,2,7-8H2,1H3. The van der Waals surface area contributed by atoms with Gasteiger partial charge in [-0.1, -0.05) is 18.2 Å². The molecule has 0 fully saturated rings. The molecule has 0 radical (unpaired) electrons. The molecule has 3 nitrogen and oxygen atoms in total. The molecule has 3 rings (SSSR count). The van der Waals surface area contributed by atoms with Crippen molar-refractivity contribution in [2.45, 2.75) is 19.9 Å². The van der Waals surface area contributed by atoms with Crippen LogP contribution < -0.4 is 5.32 Å². The molecule has 88 valence electrons. The van der Waals surface area contributed by atoms with Crippen molar-refractivity contribution in [3.63, 3.8) is 0 Å². The first-order chi connectivity index (χ1) is 8.31. The van der Waals surface area contributed by atoms with Gasteiger partial charge in [0.05, 0.1) is 5.69 Å². The Morgan fingerprint density at radius 2 is 2.24 bits per heavy atom. The summed E-state index contributed by atoms with van der Waals surface area (Å²) in [4.78, 5) is 0. The molecule has 0 saturated carbocycles. The number of aromatic nitrogens is 2. The van der Waals surface area contributed by atoms with Crippen LogP contribution >= 0.6 is 22.6 Å². The Kier molecular flexibility index (Phi) is 2.82. The van der Waals surface area contributed by atoms with Crippen LogP contribution in [0, 0.1) is 3.57 Å². The van der Waals surface area contributed by atoms with Crippen molar-refractivity contribution in [2.24, 2.45) is 0 Å². The van der Waals surface area contributed by atoms with E-state index < -0.39 is 0 Å². The van der Waals surface area contributed by atoms with E-state index in [0.717, 1.165) is 25.2 Å². The van der Waals surface area contributed by atoms with Crippen molar-refractivity contribution >= 4 is 28.4 Å². The second-order valence-electron chi connectivity index (χ2n) is 4.15. The van der Waals surface area contributed by atoms with Gasteiger partial charge in [0.25, 0.3) is 0 Å². The molecule has 1 aliphatic rings. The average Bonchev–Trinajstić information content (AvgIpc) is 2.91. The Morgan fingerprint density at radius 3 is 3.00 bits per heavy atom. The highest BCUT2D eigenvalue weighted by molar-refractivity contribution is 14.1. The van der Waals surface area contributed by atoms with Crippen molar-refractivity contribution in [3.8, 4) is 11.3 Å². The van der Waals surface area contributed by atoms with Crippen LogP contribution in [0.5, 0.6) is 0 Å². The van der Waals surface area contributed by atoms with Gasteiger partial charge in [-0.25, -0.2) is 4.68 Å². The number of aryl methyl sites for hydroxylation is 1. The van der Waals surface area contributed by atoms with Crippen LogP contribution in [-0.2, 0) is 13.0 Å². The molecule has 17 heavy (non-hydrogen) atoms. The molecule has 0 atom stereocenters. The van der Waals surface area contributed by atoms with Gasteiger partial charge in [-0.2, -0.15) is 5.10 Å². The zero-order valence-corrected chi connectivity index (χ0v) is 11.9. The Balaban J connectivity index is 2.19. The van der Waals surface area contributed by atoms with E-state index in [1.54, 1.807) is 0 Å². The van der Waals surface area contributed by atoms with Crippen LogP contribution in [0.25, 0.3) is 11.3 Å². The summed E-state index contributed by atoms with van der Waals surface area (Å²) in [5.41, 5.74) is 3.77. The molecule has 0 amide bonds. The number of rotatable bonds is 2. The minimum absolute atomic E-state index is 0.915.